The zero-order valence-corrected chi connectivity index (χ0v) is 10.7. The highest BCUT2D eigenvalue weighted by atomic mass is 16.3. The summed E-state index contributed by atoms with van der Waals surface area (Å²) in [5.41, 5.74) is 2.31. The molecule has 1 N–H and O–H groups in total. The van der Waals surface area contributed by atoms with Crippen LogP contribution in [0.25, 0.3) is 10.9 Å². The highest BCUT2D eigenvalue weighted by Gasteiger charge is 2.13. The van der Waals surface area contributed by atoms with Crippen LogP contribution in [0.15, 0.2) is 24.3 Å². The summed E-state index contributed by atoms with van der Waals surface area (Å²) in [5.74, 6) is 0.452. The summed E-state index contributed by atoms with van der Waals surface area (Å²) in [7, 11) is 1.98. The molecule has 92 valence electrons. The third-order valence-corrected chi connectivity index (χ3v) is 3.12. The number of benzene rings is 1. The number of fused-ring (bicyclic) bond motifs is 1. The van der Waals surface area contributed by atoms with Crippen molar-refractivity contribution in [2.75, 3.05) is 0 Å². The number of hydrogen-bond donors (Lipinski definition) is 1. The number of rotatable bonds is 4. The van der Waals surface area contributed by atoms with Gasteiger partial charge in [0.1, 0.15) is 0 Å². The van der Waals surface area contributed by atoms with Crippen molar-refractivity contribution < 1.29 is 5.11 Å². The zero-order valence-electron chi connectivity index (χ0n) is 10.7. The van der Waals surface area contributed by atoms with Gasteiger partial charge in [0.15, 0.2) is 0 Å². The van der Waals surface area contributed by atoms with Crippen LogP contribution >= 0.6 is 0 Å². The lowest BCUT2D eigenvalue weighted by molar-refractivity contribution is 0.164. The van der Waals surface area contributed by atoms with Gasteiger partial charge in [-0.25, -0.2) is 0 Å². The SMILES string of the molecule is CC(O)CC(C)Cc1nn(C)c2ccccc12. The molecule has 2 unspecified atom stereocenters. The van der Waals surface area contributed by atoms with Crippen molar-refractivity contribution in [3.63, 3.8) is 0 Å². The molecule has 0 fully saturated rings. The average molecular weight is 232 g/mol. The minimum absolute atomic E-state index is 0.236. The number of aryl methyl sites for hydroxylation is 1. The van der Waals surface area contributed by atoms with E-state index in [1.807, 2.05) is 30.8 Å². The van der Waals surface area contributed by atoms with Crippen molar-refractivity contribution in [3.05, 3.63) is 30.0 Å². The van der Waals surface area contributed by atoms with Crippen LogP contribution in [0.4, 0.5) is 0 Å². The van der Waals surface area contributed by atoms with E-state index in [9.17, 15) is 5.11 Å². The largest absolute Gasteiger partial charge is 0.393 e. The van der Waals surface area contributed by atoms with Crippen molar-refractivity contribution in [1.82, 2.24) is 9.78 Å². The van der Waals surface area contributed by atoms with Crippen LogP contribution in [0.1, 0.15) is 26.0 Å². The molecule has 17 heavy (non-hydrogen) atoms. The number of aliphatic hydroxyl groups is 1. The first-order valence-electron chi connectivity index (χ1n) is 6.16. The van der Waals surface area contributed by atoms with Crippen LogP contribution in [0.5, 0.6) is 0 Å². The third kappa shape index (κ3) is 2.67. The Labute approximate surface area is 102 Å². The van der Waals surface area contributed by atoms with Gasteiger partial charge in [-0.1, -0.05) is 25.1 Å². The van der Waals surface area contributed by atoms with Gasteiger partial charge in [-0.3, -0.25) is 4.68 Å². The Balaban J connectivity index is 2.24. The van der Waals surface area contributed by atoms with Crippen molar-refractivity contribution in [3.8, 4) is 0 Å². The Hall–Kier alpha value is -1.35. The third-order valence-electron chi connectivity index (χ3n) is 3.12. The van der Waals surface area contributed by atoms with E-state index in [0.29, 0.717) is 5.92 Å². The molecule has 0 aliphatic carbocycles. The summed E-state index contributed by atoms with van der Waals surface area (Å²) in [5, 5.41) is 15.2. The molecule has 2 rings (SSSR count). The van der Waals surface area contributed by atoms with E-state index < -0.39 is 0 Å². The molecule has 1 aromatic carbocycles. The normalized spacial score (nSPS) is 15.1. The molecule has 2 aromatic rings. The van der Waals surface area contributed by atoms with E-state index in [4.69, 9.17) is 0 Å². The molecule has 0 amide bonds. The van der Waals surface area contributed by atoms with Crippen molar-refractivity contribution in [2.45, 2.75) is 32.8 Å². The second-order valence-electron chi connectivity index (χ2n) is 4.98. The lowest BCUT2D eigenvalue weighted by atomic mass is 9.97. The summed E-state index contributed by atoms with van der Waals surface area (Å²) in [6, 6.07) is 8.29. The Bertz CT molecular complexity index is 502. The molecular formula is C14H20N2O. The van der Waals surface area contributed by atoms with Crippen LogP contribution in [0, 0.1) is 5.92 Å². The maximum absolute atomic E-state index is 9.39. The summed E-state index contributed by atoms with van der Waals surface area (Å²) in [6.45, 7) is 4.00. The first kappa shape index (κ1) is 12.1. The molecule has 0 saturated carbocycles. The molecule has 1 heterocycles. The number of aliphatic hydroxyl groups excluding tert-OH is 1. The van der Waals surface area contributed by atoms with Gasteiger partial charge < -0.3 is 5.11 Å². The standard InChI is InChI=1S/C14H20N2O/c1-10(8-11(2)17)9-13-12-6-4-5-7-14(12)16(3)15-13/h4-7,10-11,17H,8-9H2,1-3H3. The van der Waals surface area contributed by atoms with Crippen LogP contribution < -0.4 is 0 Å². The molecule has 3 nitrogen and oxygen atoms in total. The Kier molecular flexibility index (Phi) is 3.48. The van der Waals surface area contributed by atoms with Gasteiger partial charge in [-0.2, -0.15) is 5.10 Å². The molecule has 0 aliphatic heterocycles. The topological polar surface area (TPSA) is 38.1 Å². The quantitative estimate of drug-likeness (QED) is 0.879. The van der Waals surface area contributed by atoms with E-state index >= 15 is 0 Å². The number of hydrogen-bond acceptors (Lipinski definition) is 2. The molecular weight excluding hydrogens is 212 g/mol. The van der Waals surface area contributed by atoms with Crippen LogP contribution in [0.2, 0.25) is 0 Å². The molecule has 0 saturated heterocycles. The number of nitrogens with zero attached hydrogens (tertiary/aromatic N) is 2. The summed E-state index contributed by atoms with van der Waals surface area (Å²) in [6.07, 6.45) is 1.51. The summed E-state index contributed by atoms with van der Waals surface area (Å²) < 4.78 is 1.93. The van der Waals surface area contributed by atoms with E-state index in [-0.39, 0.29) is 6.10 Å². The monoisotopic (exact) mass is 232 g/mol. The number of aromatic nitrogens is 2. The lowest BCUT2D eigenvalue weighted by Gasteiger charge is -2.11. The fourth-order valence-electron chi connectivity index (χ4n) is 2.44. The molecule has 3 heteroatoms. The van der Waals surface area contributed by atoms with Crippen molar-refractivity contribution in [1.29, 1.82) is 0 Å². The predicted molar refractivity (Wildman–Crippen MR) is 69.9 cm³/mol. The van der Waals surface area contributed by atoms with E-state index in [0.717, 1.165) is 18.5 Å². The summed E-state index contributed by atoms with van der Waals surface area (Å²) in [4.78, 5) is 0. The molecule has 1 aromatic heterocycles. The second-order valence-corrected chi connectivity index (χ2v) is 4.98. The van der Waals surface area contributed by atoms with Gasteiger partial charge in [0.2, 0.25) is 0 Å². The Morgan fingerprint density at radius 1 is 1.29 bits per heavy atom. The van der Waals surface area contributed by atoms with Crippen LogP contribution in [0.3, 0.4) is 0 Å². The second kappa shape index (κ2) is 4.88. The van der Waals surface area contributed by atoms with Gasteiger partial charge in [0.25, 0.3) is 0 Å². The van der Waals surface area contributed by atoms with Gasteiger partial charge in [-0.15, -0.1) is 0 Å². The van der Waals surface area contributed by atoms with Gasteiger partial charge in [-0.05, 0) is 31.7 Å². The molecule has 0 radical (unpaired) electrons. The molecule has 0 aliphatic rings. The fraction of sp³-hybridized carbons (Fsp3) is 0.500. The first-order chi connectivity index (χ1) is 8.08. The highest BCUT2D eigenvalue weighted by Crippen LogP contribution is 2.21. The molecule has 0 bridgehead atoms. The predicted octanol–water partition coefficient (Wildman–Crippen LogP) is 2.52. The molecule has 2 atom stereocenters. The fourth-order valence-corrected chi connectivity index (χ4v) is 2.44. The molecule has 0 spiro atoms. The number of para-hydroxylation sites is 1. The average Bonchev–Trinajstić information content (AvgIpc) is 2.55. The van der Waals surface area contributed by atoms with Gasteiger partial charge in [0, 0.05) is 12.4 Å². The van der Waals surface area contributed by atoms with E-state index in [1.165, 1.54) is 10.9 Å². The first-order valence-corrected chi connectivity index (χ1v) is 6.16. The highest BCUT2D eigenvalue weighted by molar-refractivity contribution is 5.81. The Morgan fingerprint density at radius 2 is 2.00 bits per heavy atom. The smallest absolute Gasteiger partial charge is 0.0705 e. The Morgan fingerprint density at radius 3 is 2.71 bits per heavy atom. The maximum atomic E-state index is 9.39. The van der Waals surface area contributed by atoms with Crippen molar-refractivity contribution >= 4 is 10.9 Å². The lowest BCUT2D eigenvalue weighted by Crippen LogP contribution is -2.10. The van der Waals surface area contributed by atoms with Crippen LogP contribution in [-0.2, 0) is 13.5 Å². The maximum Gasteiger partial charge on any atom is 0.0705 e. The van der Waals surface area contributed by atoms with E-state index in [1.54, 1.807) is 0 Å². The van der Waals surface area contributed by atoms with Gasteiger partial charge >= 0.3 is 0 Å². The minimum atomic E-state index is -0.236. The van der Waals surface area contributed by atoms with E-state index in [2.05, 4.69) is 24.2 Å². The summed E-state index contributed by atoms with van der Waals surface area (Å²) >= 11 is 0. The zero-order chi connectivity index (χ0) is 12.4. The minimum Gasteiger partial charge on any atom is -0.393 e. The van der Waals surface area contributed by atoms with Crippen LogP contribution in [-0.4, -0.2) is 21.0 Å². The van der Waals surface area contributed by atoms with Crippen molar-refractivity contribution in [2.24, 2.45) is 13.0 Å². The van der Waals surface area contributed by atoms with Gasteiger partial charge in [0.05, 0.1) is 17.3 Å².